The molecule has 0 aromatic carbocycles. The maximum Gasteiger partial charge on any atom is 0.311 e. The first-order valence-electron chi connectivity index (χ1n) is 9.42. The molecule has 0 spiro atoms. The summed E-state index contributed by atoms with van der Waals surface area (Å²) in [5.41, 5.74) is 0. The summed E-state index contributed by atoms with van der Waals surface area (Å²) in [4.78, 5) is 0. The van der Waals surface area contributed by atoms with Gasteiger partial charge in [-0.25, -0.2) is 0 Å². The van der Waals surface area contributed by atoms with Crippen molar-refractivity contribution in [1.82, 2.24) is 0 Å². The zero-order chi connectivity index (χ0) is 18.7. The second kappa shape index (κ2) is 12.0. The Hall–Kier alpha value is 0.491. The van der Waals surface area contributed by atoms with Gasteiger partial charge in [-0.05, 0) is 64.2 Å². The van der Waals surface area contributed by atoms with Crippen molar-refractivity contribution >= 4 is 25.2 Å². The molecule has 24 heavy (non-hydrogen) atoms. The van der Waals surface area contributed by atoms with Gasteiger partial charge in [-0.15, -0.1) is 0 Å². The van der Waals surface area contributed by atoms with Gasteiger partial charge in [0.25, 0.3) is 0 Å². The summed E-state index contributed by atoms with van der Waals surface area (Å²) in [6.45, 7) is 15.5. The normalized spacial score (nSPS) is 13.5. The summed E-state index contributed by atoms with van der Waals surface area (Å²) in [6, 6.07) is 2.40. The topological polar surface area (TPSA) is 36.9 Å². The van der Waals surface area contributed by atoms with E-state index in [1.807, 2.05) is 0 Å². The van der Waals surface area contributed by atoms with Gasteiger partial charge in [0.1, 0.15) is 0 Å². The first kappa shape index (κ1) is 24.5. The van der Waals surface area contributed by atoms with Gasteiger partial charge in [-0.2, -0.15) is 0 Å². The van der Waals surface area contributed by atoms with E-state index < -0.39 is 25.2 Å². The van der Waals surface area contributed by atoms with Crippen LogP contribution in [0.2, 0.25) is 51.4 Å². The van der Waals surface area contributed by atoms with Crippen molar-refractivity contribution in [3.05, 3.63) is 0 Å². The smallest absolute Gasteiger partial charge is 0.311 e. The first-order valence-corrected chi connectivity index (χ1v) is 18.5. The molecule has 0 unspecified atom stereocenters. The van der Waals surface area contributed by atoms with Crippen LogP contribution in [0.25, 0.3) is 0 Å². The van der Waals surface area contributed by atoms with Crippen LogP contribution in [0.3, 0.4) is 0 Å². The fourth-order valence-corrected chi connectivity index (χ4v) is 17.4. The fourth-order valence-electron chi connectivity index (χ4n) is 3.22. The average molecular weight is 395 g/mol. The van der Waals surface area contributed by atoms with Crippen LogP contribution in [0, 0.1) is 0 Å². The Morgan fingerprint density at radius 3 is 1.33 bits per heavy atom. The summed E-state index contributed by atoms with van der Waals surface area (Å²) in [6.07, 6.45) is 5.94. The second-order valence-electron chi connectivity index (χ2n) is 8.38. The van der Waals surface area contributed by atoms with Crippen molar-refractivity contribution in [2.45, 2.75) is 83.5 Å². The van der Waals surface area contributed by atoms with Crippen LogP contribution in [-0.2, 0) is 17.7 Å². The molecule has 0 aromatic heterocycles. The highest BCUT2D eigenvalue weighted by atomic mass is 28.5. The third-order valence-electron chi connectivity index (χ3n) is 4.05. The van der Waals surface area contributed by atoms with E-state index in [-0.39, 0.29) is 0 Å². The van der Waals surface area contributed by atoms with Crippen LogP contribution >= 0.6 is 0 Å². The molecule has 0 fully saturated rings. The molecule has 0 bridgehead atoms. The Labute approximate surface area is 154 Å². The maximum absolute atomic E-state index is 6.63. The molecule has 0 aliphatic carbocycles. The molecule has 0 N–H and O–H groups in total. The van der Waals surface area contributed by atoms with Crippen molar-refractivity contribution in [1.29, 1.82) is 0 Å². The molecule has 0 radical (unpaired) electrons. The minimum absolute atomic E-state index is 0.852. The highest BCUT2D eigenvalue weighted by Crippen LogP contribution is 2.26. The predicted octanol–water partition coefficient (Wildman–Crippen LogP) is 5.37. The number of rotatable bonds is 15. The average Bonchev–Trinajstić information content (AvgIpc) is 2.40. The zero-order valence-electron chi connectivity index (χ0n) is 17.5. The molecule has 0 saturated carbocycles. The first-order chi connectivity index (χ1) is 11.0. The molecule has 0 amide bonds. The van der Waals surface area contributed by atoms with E-state index in [4.69, 9.17) is 17.7 Å². The molecule has 146 valence electrons. The van der Waals surface area contributed by atoms with Gasteiger partial charge < -0.3 is 17.7 Å². The van der Waals surface area contributed by atoms with Gasteiger partial charge in [0.2, 0.25) is 0 Å². The van der Waals surface area contributed by atoms with Gasteiger partial charge in [0, 0.05) is 27.4 Å². The summed E-state index contributed by atoms with van der Waals surface area (Å²) < 4.78 is 23.5. The van der Waals surface area contributed by atoms with E-state index in [1.54, 1.807) is 14.2 Å². The number of hydrogen-bond donors (Lipinski definition) is 0. The van der Waals surface area contributed by atoms with Gasteiger partial charge in [0.05, 0.1) is 0 Å². The molecule has 0 aromatic rings. The van der Waals surface area contributed by atoms with Crippen LogP contribution in [0.1, 0.15) is 32.1 Å². The molecule has 7 heteroatoms. The van der Waals surface area contributed by atoms with E-state index in [0.717, 1.165) is 26.1 Å². The monoisotopic (exact) mass is 394 g/mol. The molecular formula is C17H42O4Si3. The molecule has 0 rings (SSSR count). The Bertz CT molecular complexity index is 323. The SMILES string of the molecule is COCCCCC[Si](C)(C)O[Si](C)(C)O[Si](C)(C)CCCCOC. The lowest BCUT2D eigenvalue weighted by molar-refractivity contribution is 0.192. The van der Waals surface area contributed by atoms with Gasteiger partial charge >= 0.3 is 8.56 Å². The van der Waals surface area contributed by atoms with Crippen LogP contribution in [0.4, 0.5) is 0 Å². The minimum atomic E-state index is -2.05. The van der Waals surface area contributed by atoms with Gasteiger partial charge in [0.15, 0.2) is 16.6 Å². The van der Waals surface area contributed by atoms with Crippen molar-refractivity contribution in [2.24, 2.45) is 0 Å². The molecule has 0 aliphatic rings. The Balaban J connectivity index is 4.27. The Morgan fingerprint density at radius 2 is 0.917 bits per heavy atom. The highest BCUT2D eigenvalue weighted by Gasteiger charge is 2.39. The maximum atomic E-state index is 6.63. The zero-order valence-corrected chi connectivity index (χ0v) is 20.5. The molecule has 4 nitrogen and oxygen atoms in total. The van der Waals surface area contributed by atoms with E-state index in [9.17, 15) is 0 Å². The lowest BCUT2D eigenvalue weighted by atomic mass is 10.3. The molecule has 0 saturated heterocycles. The number of unbranched alkanes of at least 4 members (excludes halogenated alkanes) is 3. The van der Waals surface area contributed by atoms with Crippen LogP contribution in [0.5, 0.6) is 0 Å². The standard InChI is InChI=1S/C17H42O4Si3/c1-18-14-10-9-12-16-22(3,4)20-24(7,8)21-23(5,6)17-13-11-15-19-2/h9-17H2,1-8H3. The quantitative estimate of drug-likeness (QED) is 0.276. The molecular weight excluding hydrogens is 352 g/mol. The summed E-state index contributed by atoms with van der Waals surface area (Å²) in [7, 11) is -1.80. The Kier molecular flexibility index (Phi) is 12.2. The third kappa shape index (κ3) is 13.7. The van der Waals surface area contributed by atoms with Gasteiger partial charge in [-0.3, -0.25) is 0 Å². The molecule has 0 heterocycles. The van der Waals surface area contributed by atoms with Crippen molar-refractivity contribution in [3.8, 4) is 0 Å². The number of methoxy groups -OCH3 is 2. The fraction of sp³-hybridized carbons (Fsp3) is 1.00. The van der Waals surface area contributed by atoms with Crippen LogP contribution in [-0.4, -0.2) is 52.6 Å². The van der Waals surface area contributed by atoms with Crippen LogP contribution in [0.15, 0.2) is 0 Å². The van der Waals surface area contributed by atoms with Crippen molar-refractivity contribution < 1.29 is 17.7 Å². The highest BCUT2D eigenvalue weighted by molar-refractivity contribution is 6.87. The summed E-state index contributed by atoms with van der Waals surface area (Å²) in [5, 5.41) is 0. The number of hydrogen-bond acceptors (Lipinski definition) is 4. The van der Waals surface area contributed by atoms with E-state index in [1.165, 1.54) is 31.4 Å². The van der Waals surface area contributed by atoms with E-state index in [0.29, 0.717) is 0 Å². The Morgan fingerprint density at radius 1 is 0.542 bits per heavy atom. The van der Waals surface area contributed by atoms with Gasteiger partial charge in [-0.1, -0.05) is 19.3 Å². The lowest BCUT2D eigenvalue weighted by Crippen LogP contribution is -2.52. The minimum Gasteiger partial charge on any atom is -0.437 e. The summed E-state index contributed by atoms with van der Waals surface area (Å²) in [5.74, 6) is 0. The molecule has 0 aliphatic heterocycles. The predicted molar refractivity (Wildman–Crippen MR) is 111 cm³/mol. The summed E-state index contributed by atoms with van der Waals surface area (Å²) >= 11 is 0. The van der Waals surface area contributed by atoms with E-state index in [2.05, 4.69) is 39.3 Å². The van der Waals surface area contributed by atoms with Crippen LogP contribution < -0.4 is 0 Å². The van der Waals surface area contributed by atoms with E-state index >= 15 is 0 Å². The third-order valence-corrected chi connectivity index (χ3v) is 15.5. The number of ether oxygens (including phenoxy) is 2. The lowest BCUT2D eigenvalue weighted by Gasteiger charge is -2.38. The largest absolute Gasteiger partial charge is 0.437 e. The molecule has 0 atom stereocenters. The second-order valence-corrected chi connectivity index (χ2v) is 20.8. The van der Waals surface area contributed by atoms with Crippen molar-refractivity contribution in [3.63, 3.8) is 0 Å². The van der Waals surface area contributed by atoms with Crippen molar-refractivity contribution in [2.75, 3.05) is 27.4 Å².